The number of hydrogen-bond donors (Lipinski definition) is 2. The van der Waals surface area contributed by atoms with Crippen molar-refractivity contribution in [3.05, 3.63) is 29.1 Å². The number of halogens is 5. The van der Waals surface area contributed by atoms with E-state index in [-0.39, 0.29) is 0 Å². The van der Waals surface area contributed by atoms with Gasteiger partial charge in [-0.2, -0.15) is 4.72 Å². The molecular weight excluding hydrogens is 313 g/mol. The van der Waals surface area contributed by atoms with Gasteiger partial charge in [0, 0.05) is 0 Å². The summed E-state index contributed by atoms with van der Waals surface area (Å²) in [5, 5.41) is 8.46. The average Bonchev–Trinajstić information content (AvgIpc) is 2.33. The molecule has 1 aromatic carbocycles. The Bertz CT molecular complexity index is 646. The van der Waals surface area contributed by atoms with Crippen LogP contribution < -0.4 is 4.72 Å². The molecule has 1 rings (SSSR count). The molecule has 0 aliphatic heterocycles. The van der Waals surface area contributed by atoms with Crippen molar-refractivity contribution in [1.29, 1.82) is 0 Å². The highest BCUT2D eigenvalue weighted by Crippen LogP contribution is 2.26. The quantitative estimate of drug-likeness (QED) is 0.495. The second-order valence-electron chi connectivity index (χ2n) is 3.58. The molecule has 0 spiro atoms. The molecule has 20 heavy (non-hydrogen) atoms. The molecule has 0 saturated carbocycles. The van der Waals surface area contributed by atoms with Gasteiger partial charge in [0.15, 0.2) is 28.2 Å². The van der Waals surface area contributed by atoms with E-state index in [9.17, 15) is 35.2 Å². The van der Waals surface area contributed by atoms with Gasteiger partial charge in [0.1, 0.15) is 6.04 Å². The molecule has 0 fully saturated rings. The summed E-state index contributed by atoms with van der Waals surface area (Å²) in [6, 6.07) is -1.84. The standard InChI is InChI=1S/C9H6F5NO4S/c1-2(9(16)17)15-20(18,19)8-6(13)4(11)3(10)5(12)7(8)14/h2,15H,1H3,(H,16,17)/t2-/m1/s1. The zero-order valence-electron chi connectivity index (χ0n) is 9.55. The lowest BCUT2D eigenvalue weighted by molar-refractivity contribution is -0.138. The van der Waals surface area contributed by atoms with Crippen molar-refractivity contribution in [3.8, 4) is 0 Å². The minimum Gasteiger partial charge on any atom is -0.480 e. The van der Waals surface area contributed by atoms with Crippen molar-refractivity contribution < 1.29 is 40.3 Å². The van der Waals surface area contributed by atoms with Gasteiger partial charge in [-0.05, 0) is 6.92 Å². The molecule has 0 radical (unpaired) electrons. The van der Waals surface area contributed by atoms with Gasteiger partial charge >= 0.3 is 5.97 Å². The van der Waals surface area contributed by atoms with Crippen molar-refractivity contribution in [3.63, 3.8) is 0 Å². The molecular formula is C9H6F5NO4S. The first kappa shape index (κ1) is 16.3. The predicted octanol–water partition coefficient (Wildman–Crippen LogP) is 1.13. The predicted molar refractivity (Wildman–Crippen MR) is 53.7 cm³/mol. The molecule has 5 nitrogen and oxygen atoms in total. The Morgan fingerprint density at radius 3 is 1.70 bits per heavy atom. The van der Waals surface area contributed by atoms with Crippen LogP contribution in [0.15, 0.2) is 4.90 Å². The molecule has 0 heterocycles. The molecule has 0 saturated heterocycles. The molecule has 0 aromatic heterocycles. The third-order valence-corrected chi connectivity index (χ3v) is 3.70. The van der Waals surface area contributed by atoms with Gasteiger partial charge in [0.05, 0.1) is 0 Å². The second-order valence-corrected chi connectivity index (χ2v) is 5.23. The van der Waals surface area contributed by atoms with Crippen LogP contribution in [0.2, 0.25) is 0 Å². The van der Waals surface area contributed by atoms with Crippen LogP contribution in [0.3, 0.4) is 0 Å². The zero-order valence-corrected chi connectivity index (χ0v) is 10.4. The van der Waals surface area contributed by atoms with Gasteiger partial charge in [0.25, 0.3) is 0 Å². The Morgan fingerprint density at radius 2 is 1.35 bits per heavy atom. The Morgan fingerprint density at radius 1 is 1.00 bits per heavy atom. The first-order chi connectivity index (χ1) is 9.00. The van der Waals surface area contributed by atoms with E-state index in [0.29, 0.717) is 0 Å². The number of carboxylic acids is 1. The van der Waals surface area contributed by atoms with Crippen molar-refractivity contribution in [2.24, 2.45) is 0 Å². The molecule has 0 amide bonds. The Kier molecular flexibility index (Phi) is 4.34. The van der Waals surface area contributed by atoms with E-state index in [0.717, 1.165) is 6.92 Å². The fraction of sp³-hybridized carbons (Fsp3) is 0.222. The van der Waals surface area contributed by atoms with Crippen LogP contribution in [0.4, 0.5) is 22.0 Å². The van der Waals surface area contributed by atoms with Crippen LogP contribution in [-0.2, 0) is 14.8 Å². The first-order valence-electron chi connectivity index (χ1n) is 4.77. The molecule has 1 aromatic rings. The number of rotatable bonds is 4. The molecule has 11 heteroatoms. The first-order valence-corrected chi connectivity index (χ1v) is 6.25. The van der Waals surface area contributed by atoms with Gasteiger partial charge in [-0.15, -0.1) is 0 Å². The largest absolute Gasteiger partial charge is 0.480 e. The number of aliphatic carboxylic acids is 1. The van der Waals surface area contributed by atoms with Gasteiger partial charge < -0.3 is 5.11 Å². The smallest absolute Gasteiger partial charge is 0.321 e. The minimum atomic E-state index is -5.26. The third kappa shape index (κ3) is 2.72. The highest BCUT2D eigenvalue weighted by molar-refractivity contribution is 7.89. The topological polar surface area (TPSA) is 83.5 Å². The van der Waals surface area contributed by atoms with E-state index in [2.05, 4.69) is 0 Å². The highest BCUT2D eigenvalue weighted by Gasteiger charge is 2.34. The SMILES string of the molecule is C[C@@H](NS(=O)(=O)c1c(F)c(F)c(F)c(F)c1F)C(=O)O. The molecule has 2 N–H and O–H groups in total. The molecule has 1 atom stereocenters. The summed E-state index contributed by atoms with van der Waals surface area (Å²) < 4.78 is 89.2. The number of sulfonamides is 1. The van der Waals surface area contributed by atoms with Crippen molar-refractivity contribution >= 4 is 16.0 Å². The van der Waals surface area contributed by atoms with E-state index in [4.69, 9.17) is 5.11 Å². The van der Waals surface area contributed by atoms with Crippen molar-refractivity contribution in [2.75, 3.05) is 0 Å². The van der Waals surface area contributed by atoms with Crippen molar-refractivity contribution in [1.82, 2.24) is 4.72 Å². The summed E-state index contributed by atoms with van der Waals surface area (Å²) in [5.74, 6) is -14.3. The zero-order chi connectivity index (χ0) is 15.8. The van der Waals surface area contributed by atoms with Crippen LogP contribution in [0, 0.1) is 29.1 Å². The van der Waals surface area contributed by atoms with Gasteiger partial charge in [-0.3, -0.25) is 4.79 Å². The lowest BCUT2D eigenvalue weighted by Gasteiger charge is -2.12. The van der Waals surface area contributed by atoms with E-state index >= 15 is 0 Å². The van der Waals surface area contributed by atoms with Gasteiger partial charge in [0.2, 0.25) is 15.8 Å². The maximum absolute atomic E-state index is 13.3. The monoisotopic (exact) mass is 319 g/mol. The average molecular weight is 319 g/mol. The fourth-order valence-electron chi connectivity index (χ4n) is 1.16. The summed E-state index contributed by atoms with van der Waals surface area (Å²) >= 11 is 0. The lowest BCUT2D eigenvalue weighted by atomic mass is 10.3. The summed E-state index contributed by atoms with van der Waals surface area (Å²) in [5.41, 5.74) is 0. The minimum absolute atomic E-state index is 0.798. The Hall–Kier alpha value is -1.75. The summed E-state index contributed by atoms with van der Waals surface area (Å²) in [6.07, 6.45) is 0. The van der Waals surface area contributed by atoms with Crippen LogP contribution in [-0.4, -0.2) is 25.5 Å². The maximum atomic E-state index is 13.3. The van der Waals surface area contributed by atoms with Gasteiger partial charge in [-0.1, -0.05) is 0 Å². The molecule has 0 aliphatic rings. The number of nitrogens with one attached hydrogen (secondary N) is 1. The Balaban J connectivity index is 3.51. The molecule has 0 unspecified atom stereocenters. The van der Waals surface area contributed by atoms with Crippen LogP contribution in [0.1, 0.15) is 6.92 Å². The number of carbonyl (C=O) groups is 1. The summed E-state index contributed by atoms with van der Waals surface area (Å²) in [4.78, 5) is 8.31. The van der Waals surface area contributed by atoms with Crippen molar-refractivity contribution in [2.45, 2.75) is 17.9 Å². The summed E-state index contributed by atoms with van der Waals surface area (Å²) in [7, 11) is -5.26. The van der Waals surface area contributed by atoms with Crippen LogP contribution in [0.5, 0.6) is 0 Å². The fourth-order valence-corrected chi connectivity index (χ4v) is 2.50. The van der Waals surface area contributed by atoms with Gasteiger partial charge in [-0.25, -0.2) is 30.4 Å². The second kappa shape index (κ2) is 5.32. The van der Waals surface area contributed by atoms with E-state index in [1.165, 1.54) is 4.72 Å². The van der Waals surface area contributed by atoms with E-state index in [1.807, 2.05) is 0 Å². The normalized spacial score (nSPS) is 13.3. The molecule has 0 bridgehead atoms. The molecule has 0 aliphatic carbocycles. The highest BCUT2D eigenvalue weighted by atomic mass is 32.2. The van der Waals surface area contributed by atoms with Crippen LogP contribution in [0.25, 0.3) is 0 Å². The summed E-state index contributed by atoms with van der Waals surface area (Å²) in [6.45, 7) is 0.798. The van der Waals surface area contributed by atoms with Crippen LogP contribution >= 0.6 is 0 Å². The van der Waals surface area contributed by atoms with E-state index in [1.54, 1.807) is 0 Å². The lowest BCUT2D eigenvalue weighted by Crippen LogP contribution is -2.39. The maximum Gasteiger partial charge on any atom is 0.321 e. The third-order valence-electron chi connectivity index (χ3n) is 2.14. The number of hydrogen-bond acceptors (Lipinski definition) is 3. The Labute approximate surface area is 109 Å². The number of benzene rings is 1. The molecule has 112 valence electrons. The van der Waals surface area contributed by atoms with E-state index < -0.39 is 56.0 Å². The number of carboxylic acid groups (broad SMARTS) is 1.